The molecule has 0 aliphatic rings. The number of phenols is 1. The number of phenolic OH excluding ortho intramolecular Hbond substituents is 1. The van der Waals surface area contributed by atoms with Gasteiger partial charge < -0.3 is 9.52 Å². The molecule has 0 fully saturated rings. The van der Waals surface area contributed by atoms with E-state index >= 15 is 0 Å². The van der Waals surface area contributed by atoms with Crippen molar-refractivity contribution in [2.45, 2.75) is 0 Å². The Labute approximate surface area is 113 Å². The molecular formula is C16H9ClO2. The van der Waals surface area contributed by atoms with Crippen LogP contribution in [0.1, 0.15) is 0 Å². The van der Waals surface area contributed by atoms with Gasteiger partial charge in [-0.15, -0.1) is 0 Å². The summed E-state index contributed by atoms with van der Waals surface area (Å²) in [6.07, 6.45) is 0. The van der Waals surface area contributed by atoms with Crippen molar-refractivity contribution in [2.75, 3.05) is 0 Å². The minimum atomic E-state index is 0.150. The second kappa shape index (κ2) is 3.65. The fourth-order valence-corrected chi connectivity index (χ4v) is 2.74. The van der Waals surface area contributed by atoms with Crippen LogP contribution in [0.4, 0.5) is 0 Å². The molecule has 1 N–H and O–H groups in total. The topological polar surface area (TPSA) is 33.4 Å². The zero-order valence-corrected chi connectivity index (χ0v) is 10.6. The van der Waals surface area contributed by atoms with Crippen molar-refractivity contribution >= 4 is 44.3 Å². The van der Waals surface area contributed by atoms with Crippen molar-refractivity contribution < 1.29 is 9.52 Å². The van der Waals surface area contributed by atoms with E-state index in [0.29, 0.717) is 16.0 Å². The molecule has 0 radical (unpaired) electrons. The third-order valence-electron chi connectivity index (χ3n) is 3.38. The van der Waals surface area contributed by atoms with E-state index < -0.39 is 0 Å². The molecule has 0 spiro atoms. The highest BCUT2D eigenvalue weighted by Crippen LogP contribution is 2.38. The number of benzene rings is 3. The van der Waals surface area contributed by atoms with E-state index in [4.69, 9.17) is 16.0 Å². The number of hydrogen-bond donors (Lipinski definition) is 1. The van der Waals surface area contributed by atoms with Gasteiger partial charge in [0.05, 0.1) is 5.39 Å². The number of furan rings is 1. The number of halogens is 1. The Balaban J connectivity index is 2.26. The lowest BCUT2D eigenvalue weighted by molar-refractivity contribution is 0.481. The molecule has 4 aromatic rings. The van der Waals surface area contributed by atoms with Crippen LogP contribution in [0.5, 0.6) is 5.75 Å². The Morgan fingerprint density at radius 2 is 1.63 bits per heavy atom. The van der Waals surface area contributed by atoms with Gasteiger partial charge in [0.15, 0.2) is 0 Å². The highest BCUT2D eigenvalue weighted by molar-refractivity contribution is 6.32. The van der Waals surface area contributed by atoms with Crippen LogP contribution in [0, 0.1) is 0 Å². The molecule has 3 heteroatoms. The highest BCUT2D eigenvalue weighted by atomic mass is 35.5. The standard InChI is InChI=1S/C16H9ClO2/c17-11-7-13(18)16-12-5-9-3-1-2-4-10(9)6-14(12)19-15(16)8-11/h1-8,18H. The minimum Gasteiger partial charge on any atom is -0.507 e. The van der Waals surface area contributed by atoms with Crippen LogP contribution < -0.4 is 0 Å². The normalized spacial score (nSPS) is 11.6. The predicted molar refractivity (Wildman–Crippen MR) is 77.9 cm³/mol. The lowest BCUT2D eigenvalue weighted by Crippen LogP contribution is -1.73. The third kappa shape index (κ3) is 1.50. The van der Waals surface area contributed by atoms with Crippen molar-refractivity contribution in [3.05, 3.63) is 53.6 Å². The average molecular weight is 269 g/mol. The molecule has 0 amide bonds. The summed E-state index contributed by atoms with van der Waals surface area (Å²) in [6, 6.07) is 15.3. The smallest absolute Gasteiger partial charge is 0.140 e. The van der Waals surface area contributed by atoms with Gasteiger partial charge in [-0.25, -0.2) is 0 Å². The lowest BCUT2D eigenvalue weighted by Gasteiger charge is -1.98. The maximum absolute atomic E-state index is 10.1. The van der Waals surface area contributed by atoms with Crippen LogP contribution in [-0.2, 0) is 0 Å². The second-order valence-corrected chi connectivity index (χ2v) is 5.03. The molecule has 0 saturated heterocycles. The fourth-order valence-electron chi connectivity index (χ4n) is 2.54. The van der Waals surface area contributed by atoms with Crippen LogP contribution in [0.25, 0.3) is 32.7 Å². The molecule has 0 bridgehead atoms. The first-order valence-electron chi connectivity index (χ1n) is 5.96. The van der Waals surface area contributed by atoms with Crippen molar-refractivity contribution in [1.29, 1.82) is 0 Å². The van der Waals surface area contributed by atoms with Crippen LogP contribution in [-0.4, -0.2) is 5.11 Å². The Morgan fingerprint density at radius 3 is 2.42 bits per heavy atom. The first-order chi connectivity index (χ1) is 9.22. The van der Waals surface area contributed by atoms with Crippen LogP contribution >= 0.6 is 11.6 Å². The molecule has 1 aromatic heterocycles. The molecule has 2 nitrogen and oxygen atoms in total. The molecule has 19 heavy (non-hydrogen) atoms. The Hall–Kier alpha value is -2.19. The highest BCUT2D eigenvalue weighted by Gasteiger charge is 2.12. The molecule has 92 valence electrons. The van der Waals surface area contributed by atoms with E-state index in [1.165, 1.54) is 6.07 Å². The van der Waals surface area contributed by atoms with E-state index in [1.54, 1.807) is 6.07 Å². The first-order valence-corrected chi connectivity index (χ1v) is 6.34. The van der Waals surface area contributed by atoms with Crippen LogP contribution in [0.15, 0.2) is 52.9 Å². The maximum Gasteiger partial charge on any atom is 0.140 e. The maximum atomic E-state index is 10.1. The molecular weight excluding hydrogens is 260 g/mol. The molecule has 0 aliphatic heterocycles. The summed E-state index contributed by atoms with van der Waals surface area (Å²) in [5.74, 6) is 0.150. The number of hydrogen-bond acceptors (Lipinski definition) is 2. The largest absolute Gasteiger partial charge is 0.507 e. The van der Waals surface area contributed by atoms with Gasteiger partial charge >= 0.3 is 0 Å². The SMILES string of the molecule is Oc1cc(Cl)cc2oc3cc4ccccc4cc3c12. The van der Waals surface area contributed by atoms with Crippen molar-refractivity contribution in [3.8, 4) is 5.75 Å². The Morgan fingerprint density at radius 1 is 0.895 bits per heavy atom. The summed E-state index contributed by atoms with van der Waals surface area (Å²) >= 11 is 5.94. The van der Waals surface area contributed by atoms with Gasteiger partial charge in [-0.05, 0) is 29.0 Å². The molecule has 0 atom stereocenters. The van der Waals surface area contributed by atoms with Gasteiger partial charge in [0.25, 0.3) is 0 Å². The molecule has 3 aromatic carbocycles. The first kappa shape index (κ1) is 10.7. The third-order valence-corrected chi connectivity index (χ3v) is 3.60. The zero-order chi connectivity index (χ0) is 13.0. The summed E-state index contributed by atoms with van der Waals surface area (Å²) in [4.78, 5) is 0. The summed E-state index contributed by atoms with van der Waals surface area (Å²) in [5.41, 5.74) is 1.36. The quantitative estimate of drug-likeness (QED) is 0.481. The molecule has 1 heterocycles. The summed E-state index contributed by atoms with van der Waals surface area (Å²) < 4.78 is 5.78. The average Bonchev–Trinajstić information content (AvgIpc) is 2.72. The molecule has 4 rings (SSSR count). The van der Waals surface area contributed by atoms with Gasteiger partial charge in [0, 0.05) is 16.5 Å². The van der Waals surface area contributed by atoms with Crippen LogP contribution in [0.2, 0.25) is 5.02 Å². The Kier molecular flexibility index (Phi) is 2.06. The van der Waals surface area contributed by atoms with Gasteiger partial charge in [0.1, 0.15) is 16.9 Å². The van der Waals surface area contributed by atoms with E-state index in [0.717, 1.165) is 21.7 Å². The number of fused-ring (bicyclic) bond motifs is 4. The number of rotatable bonds is 0. The van der Waals surface area contributed by atoms with Gasteiger partial charge in [-0.2, -0.15) is 0 Å². The molecule has 0 aliphatic carbocycles. The summed E-state index contributed by atoms with van der Waals surface area (Å²) in [7, 11) is 0. The van der Waals surface area contributed by atoms with Crippen molar-refractivity contribution in [2.24, 2.45) is 0 Å². The fraction of sp³-hybridized carbons (Fsp3) is 0. The lowest BCUT2D eigenvalue weighted by atomic mass is 10.1. The summed E-state index contributed by atoms with van der Waals surface area (Å²) in [5, 5.41) is 14.4. The van der Waals surface area contributed by atoms with Crippen molar-refractivity contribution in [1.82, 2.24) is 0 Å². The zero-order valence-electron chi connectivity index (χ0n) is 9.85. The monoisotopic (exact) mass is 268 g/mol. The van der Waals surface area contributed by atoms with E-state index in [2.05, 4.69) is 0 Å². The molecule has 0 unspecified atom stereocenters. The van der Waals surface area contributed by atoms with E-state index in [1.807, 2.05) is 36.4 Å². The van der Waals surface area contributed by atoms with Gasteiger partial charge in [-0.1, -0.05) is 35.9 Å². The van der Waals surface area contributed by atoms with E-state index in [9.17, 15) is 5.11 Å². The van der Waals surface area contributed by atoms with Crippen molar-refractivity contribution in [3.63, 3.8) is 0 Å². The molecule has 0 saturated carbocycles. The van der Waals surface area contributed by atoms with Gasteiger partial charge in [-0.3, -0.25) is 0 Å². The minimum absolute atomic E-state index is 0.150. The van der Waals surface area contributed by atoms with Gasteiger partial charge in [0.2, 0.25) is 0 Å². The summed E-state index contributed by atoms with van der Waals surface area (Å²) in [6.45, 7) is 0. The van der Waals surface area contributed by atoms with Crippen LogP contribution in [0.3, 0.4) is 0 Å². The predicted octanol–water partition coefficient (Wildman–Crippen LogP) is 5.10. The van der Waals surface area contributed by atoms with E-state index in [-0.39, 0.29) is 5.75 Å². The number of aromatic hydroxyl groups is 1. The second-order valence-electron chi connectivity index (χ2n) is 4.60. The Bertz CT molecular complexity index is 938.